The topological polar surface area (TPSA) is 35.5 Å². The minimum Gasteiger partial charge on any atom is -0.436 e. The molecule has 0 spiro atoms. The first-order valence-corrected chi connectivity index (χ1v) is 9.94. The molecular weight excluding hydrogens is 300 g/mol. The van der Waals surface area contributed by atoms with Gasteiger partial charge in [-0.2, -0.15) is 0 Å². The molecule has 0 amide bonds. The molecule has 24 heavy (non-hydrogen) atoms. The third kappa shape index (κ3) is 12.3. The van der Waals surface area contributed by atoms with Crippen LogP contribution < -0.4 is 0 Å². The Kier molecular flexibility index (Phi) is 13.5. The van der Waals surface area contributed by atoms with E-state index in [9.17, 15) is 4.79 Å². The van der Waals surface area contributed by atoms with Gasteiger partial charge < -0.3 is 9.47 Å². The predicted molar refractivity (Wildman–Crippen MR) is 99.8 cm³/mol. The summed E-state index contributed by atoms with van der Waals surface area (Å²) >= 11 is 0. The zero-order valence-electron chi connectivity index (χ0n) is 15.5. The van der Waals surface area contributed by atoms with Crippen molar-refractivity contribution >= 4 is 5.97 Å². The number of unbranched alkanes of at least 4 members (excludes halogenated alkanes) is 8. The molecule has 1 aliphatic heterocycles. The van der Waals surface area contributed by atoms with Crippen LogP contribution in [0.5, 0.6) is 0 Å². The van der Waals surface area contributed by atoms with E-state index < -0.39 is 0 Å². The lowest BCUT2D eigenvalue weighted by Gasteiger charge is -2.25. The van der Waals surface area contributed by atoms with Crippen LogP contribution in [0.3, 0.4) is 0 Å². The lowest BCUT2D eigenvalue weighted by Crippen LogP contribution is -2.31. The van der Waals surface area contributed by atoms with Gasteiger partial charge in [-0.05, 0) is 38.5 Å². The molecule has 0 aromatic rings. The van der Waals surface area contributed by atoms with Crippen LogP contribution in [-0.4, -0.2) is 18.9 Å². The van der Waals surface area contributed by atoms with E-state index in [2.05, 4.69) is 31.2 Å². The highest BCUT2D eigenvalue weighted by atomic mass is 16.7. The van der Waals surface area contributed by atoms with Crippen molar-refractivity contribution in [3.8, 4) is 0 Å². The summed E-state index contributed by atoms with van der Waals surface area (Å²) in [6.07, 6.45) is 23.5. The molecule has 3 heteroatoms. The van der Waals surface area contributed by atoms with Gasteiger partial charge in [-0.25, -0.2) is 0 Å². The van der Waals surface area contributed by atoms with Gasteiger partial charge in [-0.1, -0.05) is 63.3 Å². The summed E-state index contributed by atoms with van der Waals surface area (Å²) in [5, 5.41) is 0. The largest absolute Gasteiger partial charge is 0.436 e. The third-order valence-electron chi connectivity index (χ3n) is 4.25. The lowest BCUT2D eigenvalue weighted by molar-refractivity contribution is -0.216. The van der Waals surface area contributed by atoms with Crippen molar-refractivity contribution in [1.82, 2.24) is 0 Å². The molecule has 138 valence electrons. The van der Waals surface area contributed by atoms with Crippen molar-refractivity contribution in [2.75, 3.05) is 6.61 Å². The molecule has 0 aromatic carbocycles. The summed E-state index contributed by atoms with van der Waals surface area (Å²) in [4.78, 5) is 11.5. The fraction of sp³-hybridized carbons (Fsp3) is 0.762. The van der Waals surface area contributed by atoms with Gasteiger partial charge in [0.05, 0.1) is 6.61 Å². The quantitative estimate of drug-likeness (QED) is 0.206. The maximum absolute atomic E-state index is 11.5. The molecule has 0 aromatic heterocycles. The number of hydrogen-bond donors (Lipinski definition) is 0. The second-order valence-corrected chi connectivity index (χ2v) is 6.56. The molecule has 0 saturated carbocycles. The fourth-order valence-electron chi connectivity index (χ4n) is 2.59. The highest BCUT2D eigenvalue weighted by Crippen LogP contribution is 2.14. The number of esters is 1. The van der Waals surface area contributed by atoms with Crippen LogP contribution in [0.1, 0.15) is 90.4 Å². The Hall–Kier alpha value is -1.09. The number of carbonyl (C=O) groups is 1. The molecule has 1 aliphatic rings. The maximum atomic E-state index is 11.5. The monoisotopic (exact) mass is 336 g/mol. The lowest BCUT2D eigenvalue weighted by atomic mass is 10.1. The normalized spacial score (nSPS) is 17.5. The number of hydrogen-bond acceptors (Lipinski definition) is 3. The van der Waals surface area contributed by atoms with Crippen LogP contribution in [0.4, 0.5) is 0 Å². The van der Waals surface area contributed by atoms with Gasteiger partial charge in [0.25, 0.3) is 0 Å². The maximum Gasteiger partial charge on any atom is 0.308 e. The molecule has 1 unspecified atom stereocenters. The Morgan fingerprint density at radius 1 is 0.958 bits per heavy atom. The molecule has 0 aliphatic carbocycles. The molecule has 0 N–H and O–H groups in total. The standard InChI is InChI=1S/C21H36O3/c1-2-3-4-5-6-7-8-9-10-11-12-13-14-15-16-17-20(22)24-21-18-19-23-21/h6-7,9-10,21H,2-5,8,11-19H2,1H3/b7-6-,10-9-. The van der Waals surface area contributed by atoms with Crippen LogP contribution in [-0.2, 0) is 14.3 Å². The van der Waals surface area contributed by atoms with Gasteiger partial charge in [-0.3, -0.25) is 4.79 Å². The molecule has 1 heterocycles. The average molecular weight is 337 g/mol. The Balaban J connectivity index is 1.78. The van der Waals surface area contributed by atoms with Gasteiger partial charge in [-0.15, -0.1) is 0 Å². The van der Waals surface area contributed by atoms with Gasteiger partial charge in [0.2, 0.25) is 6.29 Å². The van der Waals surface area contributed by atoms with Gasteiger partial charge in [0, 0.05) is 12.8 Å². The van der Waals surface area contributed by atoms with E-state index in [0.29, 0.717) is 6.42 Å². The Labute approximate surface area is 148 Å². The third-order valence-corrected chi connectivity index (χ3v) is 4.25. The first kappa shape index (κ1) is 21.0. The minimum atomic E-state index is -0.254. The van der Waals surface area contributed by atoms with Crippen LogP contribution in [0.15, 0.2) is 24.3 Å². The molecule has 3 nitrogen and oxygen atoms in total. The molecule has 0 radical (unpaired) electrons. The van der Waals surface area contributed by atoms with E-state index in [-0.39, 0.29) is 12.3 Å². The molecular formula is C21H36O3. The minimum absolute atomic E-state index is 0.106. The van der Waals surface area contributed by atoms with Crippen LogP contribution in [0.25, 0.3) is 0 Å². The summed E-state index contributed by atoms with van der Waals surface area (Å²) in [5.74, 6) is -0.106. The molecule has 1 fully saturated rings. The van der Waals surface area contributed by atoms with Crippen molar-refractivity contribution in [2.45, 2.75) is 96.7 Å². The molecule has 1 rings (SSSR count). The zero-order valence-corrected chi connectivity index (χ0v) is 15.5. The van der Waals surface area contributed by atoms with Crippen molar-refractivity contribution < 1.29 is 14.3 Å². The van der Waals surface area contributed by atoms with E-state index in [1.807, 2.05) is 0 Å². The summed E-state index contributed by atoms with van der Waals surface area (Å²) in [5.41, 5.74) is 0. The summed E-state index contributed by atoms with van der Waals surface area (Å²) in [7, 11) is 0. The van der Waals surface area contributed by atoms with E-state index in [0.717, 1.165) is 32.3 Å². The molecule has 1 saturated heterocycles. The Bertz CT molecular complexity index is 356. The van der Waals surface area contributed by atoms with E-state index in [1.165, 1.54) is 51.4 Å². The average Bonchev–Trinajstić information content (AvgIpc) is 2.54. The molecule has 1 atom stereocenters. The van der Waals surface area contributed by atoms with Crippen LogP contribution in [0, 0.1) is 0 Å². The molecule has 0 bridgehead atoms. The van der Waals surface area contributed by atoms with Crippen molar-refractivity contribution in [3.63, 3.8) is 0 Å². The fourth-order valence-corrected chi connectivity index (χ4v) is 2.59. The SMILES string of the molecule is CCCCC/C=C\C/C=C\CCCCCCCC(=O)OC1CCO1. The number of rotatable bonds is 15. The van der Waals surface area contributed by atoms with Crippen LogP contribution >= 0.6 is 0 Å². The van der Waals surface area contributed by atoms with Gasteiger partial charge >= 0.3 is 5.97 Å². The highest BCUT2D eigenvalue weighted by Gasteiger charge is 2.21. The number of ether oxygens (including phenoxy) is 2. The smallest absolute Gasteiger partial charge is 0.308 e. The van der Waals surface area contributed by atoms with Crippen LogP contribution in [0.2, 0.25) is 0 Å². The summed E-state index contributed by atoms with van der Waals surface area (Å²) in [6.45, 7) is 2.97. The van der Waals surface area contributed by atoms with Crippen molar-refractivity contribution in [2.24, 2.45) is 0 Å². The van der Waals surface area contributed by atoms with Crippen molar-refractivity contribution in [1.29, 1.82) is 0 Å². The summed E-state index contributed by atoms with van der Waals surface area (Å²) < 4.78 is 10.2. The van der Waals surface area contributed by atoms with Gasteiger partial charge in [0.15, 0.2) is 0 Å². The Morgan fingerprint density at radius 3 is 2.21 bits per heavy atom. The van der Waals surface area contributed by atoms with E-state index in [1.54, 1.807) is 0 Å². The summed E-state index contributed by atoms with van der Waals surface area (Å²) in [6, 6.07) is 0. The number of carbonyl (C=O) groups excluding carboxylic acids is 1. The highest BCUT2D eigenvalue weighted by molar-refractivity contribution is 5.69. The first-order chi connectivity index (χ1) is 11.8. The Morgan fingerprint density at radius 2 is 1.58 bits per heavy atom. The first-order valence-electron chi connectivity index (χ1n) is 9.94. The van der Waals surface area contributed by atoms with E-state index >= 15 is 0 Å². The number of allylic oxidation sites excluding steroid dienone is 4. The van der Waals surface area contributed by atoms with Gasteiger partial charge in [0.1, 0.15) is 0 Å². The van der Waals surface area contributed by atoms with E-state index in [4.69, 9.17) is 9.47 Å². The second-order valence-electron chi connectivity index (χ2n) is 6.56. The zero-order chi connectivity index (χ0) is 17.3. The predicted octanol–water partition coefficient (Wildman–Crippen LogP) is 6.09. The van der Waals surface area contributed by atoms with Crippen molar-refractivity contribution in [3.05, 3.63) is 24.3 Å². The second kappa shape index (κ2) is 15.4.